The standard InChI is InChI=1S/C21H26N2O/c24-21(12-11-18-7-3-1-4-8-18)22-20-13-15-23(16-14-20)17-19-9-5-2-6-10-19/h1-10,20H,11-17H2,(H,22,24). The van der Waals surface area contributed by atoms with E-state index in [0.717, 1.165) is 38.9 Å². The number of hydrogen-bond acceptors (Lipinski definition) is 2. The van der Waals surface area contributed by atoms with Crippen molar-refractivity contribution >= 4 is 5.91 Å². The summed E-state index contributed by atoms with van der Waals surface area (Å²) in [6, 6.07) is 21.1. The van der Waals surface area contributed by atoms with Crippen LogP contribution in [0.1, 0.15) is 30.4 Å². The molecule has 1 heterocycles. The Kier molecular flexibility index (Phi) is 6.02. The van der Waals surface area contributed by atoms with Gasteiger partial charge in [0.1, 0.15) is 0 Å². The Morgan fingerprint density at radius 3 is 2.12 bits per heavy atom. The highest BCUT2D eigenvalue weighted by molar-refractivity contribution is 5.76. The van der Waals surface area contributed by atoms with Crippen molar-refractivity contribution in [3.05, 3.63) is 71.8 Å². The molecule has 0 aromatic heterocycles. The van der Waals surface area contributed by atoms with Crippen LogP contribution in [0.4, 0.5) is 0 Å². The van der Waals surface area contributed by atoms with E-state index < -0.39 is 0 Å². The van der Waals surface area contributed by atoms with Crippen molar-refractivity contribution in [1.29, 1.82) is 0 Å². The lowest BCUT2D eigenvalue weighted by molar-refractivity contribution is -0.122. The van der Waals surface area contributed by atoms with Gasteiger partial charge in [0, 0.05) is 32.1 Å². The highest BCUT2D eigenvalue weighted by Crippen LogP contribution is 2.14. The first kappa shape index (κ1) is 16.7. The van der Waals surface area contributed by atoms with Crippen LogP contribution in [0.2, 0.25) is 0 Å². The maximum absolute atomic E-state index is 12.1. The summed E-state index contributed by atoms with van der Waals surface area (Å²) in [7, 11) is 0. The zero-order chi connectivity index (χ0) is 16.6. The highest BCUT2D eigenvalue weighted by atomic mass is 16.1. The van der Waals surface area contributed by atoms with E-state index in [1.807, 2.05) is 18.2 Å². The van der Waals surface area contributed by atoms with Crippen LogP contribution in [0.5, 0.6) is 0 Å². The number of amides is 1. The fraction of sp³-hybridized carbons (Fsp3) is 0.381. The van der Waals surface area contributed by atoms with Crippen LogP contribution in [0.3, 0.4) is 0 Å². The first-order valence-corrected chi connectivity index (χ1v) is 8.89. The summed E-state index contributed by atoms with van der Waals surface area (Å²) in [6.07, 6.45) is 3.49. The van der Waals surface area contributed by atoms with Gasteiger partial charge in [-0.1, -0.05) is 60.7 Å². The smallest absolute Gasteiger partial charge is 0.220 e. The third-order valence-electron chi connectivity index (χ3n) is 4.69. The summed E-state index contributed by atoms with van der Waals surface area (Å²) < 4.78 is 0. The molecule has 24 heavy (non-hydrogen) atoms. The van der Waals surface area contributed by atoms with E-state index >= 15 is 0 Å². The first-order chi connectivity index (χ1) is 11.8. The summed E-state index contributed by atoms with van der Waals surface area (Å²) in [5.41, 5.74) is 2.59. The molecule has 0 radical (unpaired) electrons. The Morgan fingerprint density at radius 2 is 1.50 bits per heavy atom. The van der Waals surface area contributed by atoms with Crippen LogP contribution < -0.4 is 5.32 Å². The van der Waals surface area contributed by atoms with Crippen molar-refractivity contribution in [2.24, 2.45) is 0 Å². The molecule has 1 N–H and O–H groups in total. The van der Waals surface area contributed by atoms with Gasteiger partial charge in [0.25, 0.3) is 0 Å². The van der Waals surface area contributed by atoms with Gasteiger partial charge in [0.2, 0.25) is 5.91 Å². The molecule has 126 valence electrons. The lowest BCUT2D eigenvalue weighted by atomic mass is 10.0. The average molecular weight is 322 g/mol. The van der Waals surface area contributed by atoms with E-state index in [-0.39, 0.29) is 5.91 Å². The minimum atomic E-state index is 0.181. The molecule has 1 amide bonds. The molecule has 2 aromatic carbocycles. The van der Waals surface area contributed by atoms with Gasteiger partial charge < -0.3 is 5.32 Å². The summed E-state index contributed by atoms with van der Waals surface area (Å²) in [5, 5.41) is 3.21. The Morgan fingerprint density at radius 1 is 0.917 bits per heavy atom. The number of hydrogen-bond donors (Lipinski definition) is 1. The van der Waals surface area contributed by atoms with E-state index in [2.05, 4.69) is 52.7 Å². The van der Waals surface area contributed by atoms with Gasteiger partial charge in [-0.25, -0.2) is 0 Å². The predicted octanol–water partition coefficient (Wildman–Crippen LogP) is 3.40. The van der Waals surface area contributed by atoms with Crippen LogP contribution in [-0.2, 0) is 17.8 Å². The van der Waals surface area contributed by atoms with Gasteiger partial charge in [0.15, 0.2) is 0 Å². The minimum absolute atomic E-state index is 0.181. The molecule has 2 aromatic rings. The number of benzene rings is 2. The second kappa shape index (κ2) is 8.65. The molecule has 0 atom stereocenters. The number of carbonyl (C=O) groups excluding carboxylic acids is 1. The van der Waals surface area contributed by atoms with E-state index in [4.69, 9.17) is 0 Å². The molecule has 0 spiro atoms. The second-order valence-electron chi connectivity index (χ2n) is 6.59. The molecule has 3 heteroatoms. The van der Waals surface area contributed by atoms with Crippen LogP contribution in [-0.4, -0.2) is 29.9 Å². The number of nitrogens with zero attached hydrogens (tertiary/aromatic N) is 1. The minimum Gasteiger partial charge on any atom is -0.353 e. The quantitative estimate of drug-likeness (QED) is 0.884. The first-order valence-electron chi connectivity index (χ1n) is 8.89. The lowest BCUT2D eigenvalue weighted by Gasteiger charge is -2.32. The van der Waals surface area contributed by atoms with E-state index in [0.29, 0.717) is 12.5 Å². The van der Waals surface area contributed by atoms with Gasteiger partial charge >= 0.3 is 0 Å². The van der Waals surface area contributed by atoms with Crippen molar-refractivity contribution in [1.82, 2.24) is 10.2 Å². The maximum Gasteiger partial charge on any atom is 0.220 e. The second-order valence-corrected chi connectivity index (χ2v) is 6.59. The van der Waals surface area contributed by atoms with Gasteiger partial charge in [-0.3, -0.25) is 9.69 Å². The Bertz CT molecular complexity index is 619. The molecular weight excluding hydrogens is 296 g/mol. The monoisotopic (exact) mass is 322 g/mol. The van der Waals surface area contributed by atoms with Gasteiger partial charge in [-0.15, -0.1) is 0 Å². The molecular formula is C21H26N2O. The zero-order valence-electron chi connectivity index (χ0n) is 14.2. The molecule has 3 nitrogen and oxygen atoms in total. The molecule has 1 saturated heterocycles. The molecule has 1 aliphatic heterocycles. The Hall–Kier alpha value is -2.13. The van der Waals surface area contributed by atoms with Crippen LogP contribution in [0.15, 0.2) is 60.7 Å². The third-order valence-corrected chi connectivity index (χ3v) is 4.69. The molecule has 1 aliphatic rings. The molecule has 1 fully saturated rings. The van der Waals surface area contributed by atoms with Crippen LogP contribution >= 0.6 is 0 Å². The van der Waals surface area contributed by atoms with Crippen molar-refractivity contribution in [2.75, 3.05) is 13.1 Å². The molecule has 0 unspecified atom stereocenters. The van der Waals surface area contributed by atoms with E-state index in [9.17, 15) is 4.79 Å². The predicted molar refractivity (Wildman–Crippen MR) is 97.6 cm³/mol. The fourth-order valence-electron chi connectivity index (χ4n) is 3.28. The summed E-state index contributed by atoms with van der Waals surface area (Å²) >= 11 is 0. The fourth-order valence-corrected chi connectivity index (χ4v) is 3.28. The van der Waals surface area contributed by atoms with Crippen molar-refractivity contribution in [3.8, 4) is 0 Å². The van der Waals surface area contributed by atoms with Crippen molar-refractivity contribution < 1.29 is 4.79 Å². The topological polar surface area (TPSA) is 32.3 Å². The maximum atomic E-state index is 12.1. The van der Waals surface area contributed by atoms with E-state index in [1.165, 1.54) is 11.1 Å². The summed E-state index contributed by atoms with van der Waals surface area (Å²) in [6.45, 7) is 3.12. The number of nitrogens with one attached hydrogen (secondary N) is 1. The van der Waals surface area contributed by atoms with Crippen LogP contribution in [0.25, 0.3) is 0 Å². The molecule has 0 bridgehead atoms. The number of carbonyl (C=O) groups is 1. The zero-order valence-corrected chi connectivity index (χ0v) is 14.2. The van der Waals surface area contributed by atoms with Gasteiger partial charge in [0.05, 0.1) is 0 Å². The Labute approximate surface area is 144 Å². The van der Waals surface area contributed by atoms with Gasteiger partial charge in [-0.05, 0) is 30.4 Å². The summed E-state index contributed by atoms with van der Waals surface area (Å²) in [4.78, 5) is 14.6. The number of piperidine rings is 1. The third kappa shape index (κ3) is 5.20. The van der Waals surface area contributed by atoms with Gasteiger partial charge in [-0.2, -0.15) is 0 Å². The summed E-state index contributed by atoms with van der Waals surface area (Å²) in [5.74, 6) is 0.181. The number of rotatable bonds is 6. The lowest BCUT2D eigenvalue weighted by Crippen LogP contribution is -2.44. The van der Waals surface area contributed by atoms with Crippen molar-refractivity contribution in [2.45, 2.75) is 38.3 Å². The average Bonchev–Trinajstić information content (AvgIpc) is 2.63. The SMILES string of the molecule is O=C(CCc1ccccc1)NC1CCN(Cc2ccccc2)CC1. The molecule has 0 aliphatic carbocycles. The number of aryl methyl sites for hydroxylation is 1. The van der Waals surface area contributed by atoms with E-state index in [1.54, 1.807) is 0 Å². The number of likely N-dealkylation sites (tertiary alicyclic amines) is 1. The normalized spacial score (nSPS) is 16.0. The largest absolute Gasteiger partial charge is 0.353 e. The Balaban J connectivity index is 1.36. The molecule has 3 rings (SSSR count). The highest BCUT2D eigenvalue weighted by Gasteiger charge is 2.20. The molecule has 0 saturated carbocycles. The van der Waals surface area contributed by atoms with Crippen molar-refractivity contribution in [3.63, 3.8) is 0 Å². The van der Waals surface area contributed by atoms with Crippen LogP contribution in [0, 0.1) is 0 Å².